The van der Waals surface area contributed by atoms with Crippen LogP contribution in [0.25, 0.3) is 0 Å². The van der Waals surface area contributed by atoms with Crippen LogP contribution in [0, 0.1) is 0 Å². The predicted octanol–water partition coefficient (Wildman–Crippen LogP) is 5.69. The number of halogens is 2. The highest BCUT2D eigenvalue weighted by atomic mass is 35.5. The maximum Gasteiger partial charge on any atom is 0.0882 e. The number of hydrogen-bond donors (Lipinski definition) is 0. The van der Waals surface area contributed by atoms with Crippen molar-refractivity contribution < 1.29 is 0 Å². The summed E-state index contributed by atoms with van der Waals surface area (Å²) in [7, 11) is -0.333. The molecule has 0 nitrogen and oxygen atoms in total. The van der Waals surface area contributed by atoms with Crippen molar-refractivity contribution in [2.45, 2.75) is 57.2 Å². The molecule has 0 radical (unpaired) electrons. The quantitative estimate of drug-likeness (QED) is 0.427. The van der Waals surface area contributed by atoms with Crippen LogP contribution in [-0.2, 0) is 0 Å². The van der Waals surface area contributed by atoms with E-state index in [1.54, 1.807) is 0 Å². The van der Waals surface area contributed by atoms with Gasteiger partial charge in [-0.1, -0.05) is 73.2 Å². The van der Waals surface area contributed by atoms with E-state index < -0.39 is 0 Å². The molecule has 0 aromatic carbocycles. The molecule has 0 heterocycles. The van der Waals surface area contributed by atoms with Gasteiger partial charge in [-0.15, -0.1) is 11.6 Å². The Morgan fingerprint density at radius 3 is 1.75 bits per heavy atom. The molecule has 0 saturated carbocycles. The molecule has 3 heteroatoms. The summed E-state index contributed by atoms with van der Waals surface area (Å²) in [6, 6.07) is 0. The molecule has 1 unspecified atom stereocenters. The summed E-state index contributed by atoms with van der Waals surface area (Å²) in [6.07, 6.45) is 4.12. The molecule has 1 rings (SSSR count). The molecule has 92 valence electrons. The molecule has 0 saturated heterocycles. The molecule has 16 heavy (non-hydrogen) atoms. The van der Waals surface area contributed by atoms with Gasteiger partial charge >= 0.3 is 0 Å². The van der Waals surface area contributed by atoms with Gasteiger partial charge in [0.1, 0.15) is 0 Å². The molecule has 0 fully saturated rings. The van der Waals surface area contributed by atoms with Gasteiger partial charge in [0, 0.05) is 5.03 Å². The average Bonchev–Trinajstić information content (AvgIpc) is 2.31. The number of alkyl halides is 1. The molecule has 1 atom stereocenters. The SMILES string of the molecule is CC(C)(C)P(C1=C(Cl)C(Cl)C=C1)C(C)(C)C. The third-order valence-electron chi connectivity index (χ3n) is 2.49. The summed E-state index contributed by atoms with van der Waals surface area (Å²) in [6.45, 7) is 13.7. The van der Waals surface area contributed by atoms with Crippen molar-refractivity contribution in [2.75, 3.05) is 0 Å². The number of allylic oxidation sites excluding steroid dienone is 4. The van der Waals surface area contributed by atoms with E-state index in [1.807, 2.05) is 6.08 Å². The molecule has 0 N–H and O–H groups in total. The third kappa shape index (κ3) is 3.03. The smallest absolute Gasteiger partial charge is 0.0882 e. The fourth-order valence-electron chi connectivity index (χ4n) is 2.39. The lowest BCUT2D eigenvalue weighted by Gasteiger charge is -2.42. The molecule has 0 aromatic rings. The normalized spacial score (nSPS) is 22.4. The molecule has 1 aliphatic rings. The standard InChI is InChI=1S/C13H21Cl2P/c1-12(2,3)16(13(4,5)6)10-8-7-9(14)11(10)15/h7-9H,1-6H3. The molecule has 0 aliphatic heterocycles. The highest BCUT2D eigenvalue weighted by molar-refractivity contribution is 7.65. The Labute approximate surface area is 111 Å². The van der Waals surface area contributed by atoms with Gasteiger partial charge < -0.3 is 0 Å². The minimum Gasteiger partial charge on any atom is -0.112 e. The van der Waals surface area contributed by atoms with Crippen molar-refractivity contribution in [3.63, 3.8) is 0 Å². The van der Waals surface area contributed by atoms with Crippen LogP contribution >= 0.6 is 31.1 Å². The van der Waals surface area contributed by atoms with Crippen LogP contribution in [0.1, 0.15) is 41.5 Å². The Hall–Kier alpha value is 0.490. The second kappa shape index (κ2) is 4.63. The van der Waals surface area contributed by atoms with Crippen molar-refractivity contribution in [3.8, 4) is 0 Å². The Kier molecular flexibility index (Phi) is 4.21. The topological polar surface area (TPSA) is 0 Å². The lowest BCUT2D eigenvalue weighted by Crippen LogP contribution is -2.25. The van der Waals surface area contributed by atoms with E-state index in [0.29, 0.717) is 0 Å². The molecular weight excluding hydrogens is 258 g/mol. The molecule has 0 spiro atoms. The summed E-state index contributed by atoms with van der Waals surface area (Å²) in [4.78, 5) is 0. The largest absolute Gasteiger partial charge is 0.112 e. The summed E-state index contributed by atoms with van der Waals surface area (Å²) in [5.74, 6) is 0. The first kappa shape index (κ1) is 14.6. The molecular formula is C13H21Cl2P. The molecule has 0 amide bonds. The monoisotopic (exact) mass is 278 g/mol. The Morgan fingerprint density at radius 2 is 1.50 bits per heavy atom. The minimum absolute atomic E-state index is 0.119. The average molecular weight is 279 g/mol. The summed E-state index contributed by atoms with van der Waals surface area (Å²) in [5.41, 5.74) is 0. The fraction of sp³-hybridized carbons (Fsp3) is 0.692. The van der Waals surface area contributed by atoms with E-state index >= 15 is 0 Å². The van der Waals surface area contributed by atoms with Gasteiger partial charge in [0.25, 0.3) is 0 Å². The lowest BCUT2D eigenvalue weighted by molar-refractivity contribution is 0.712. The first-order valence-electron chi connectivity index (χ1n) is 5.57. The maximum atomic E-state index is 6.34. The number of rotatable bonds is 1. The predicted molar refractivity (Wildman–Crippen MR) is 78.1 cm³/mol. The first-order chi connectivity index (χ1) is 7.05. The van der Waals surface area contributed by atoms with Crippen LogP contribution in [0.3, 0.4) is 0 Å². The Bertz CT molecular complexity index is 315. The zero-order valence-corrected chi connectivity index (χ0v) is 13.3. The summed E-state index contributed by atoms with van der Waals surface area (Å²) in [5, 5.41) is 2.48. The van der Waals surface area contributed by atoms with Crippen LogP contribution < -0.4 is 0 Å². The molecule has 0 aromatic heterocycles. The lowest BCUT2D eigenvalue weighted by atomic mass is 10.2. The second-order valence-electron chi connectivity index (χ2n) is 6.17. The highest BCUT2D eigenvalue weighted by Crippen LogP contribution is 2.67. The van der Waals surface area contributed by atoms with Crippen molar-refractivity contribution in [1.29, 1.82) is 0 Å². The highest BCUT2D eigenvalue weighted by Gasteiger charge is 2.39. The summed E-state index contributed by atoms with van der Waals surface area (Å²) >= 11 is 12.5. The van der Waals surface area contributed by atoms with Crippen molar-refractivity contribution in [3.05, 3.63) is 22.5 Å². The minimum atomic E-state index is -0.333. The van der Waals surface area contributed by atoms with Crippen LogP contribution in [0.15, 0.2) is 22.5 Å². The van der Waals surface area contributed by atoms with E-state index in [0.717, 1.165) is 5.03 Å². The van der Waals surface area contributed by atoms with Crippen LogP contribution in [0.5, 0.6) is 0 Å². The van der Waals surface area contributed by atoms with E-state index in [2.05, 4.69) is 47.6 Å². The van der Waals surface area contributed by atoms with Gasteiger partial charge in [-0.3, -0.25) is 0 Å². The van der Waals surface area contributed by atoms with Crippen molar-refractivity contribution >= 4 is 31.1 Å². The zero-order valence-electron chi connectivity index (χ0n) is 10.9. The van der Waals surface area contributed by atoms with Gasteiger partial charge in [-0.25, -0.2) is 0 Å². The van der Waals surface area contributed by atoms with Crippen LogP contribution in [0.2, 0.25) is 0 Å². The fourth-order valence-corrected chi connectivity index (χ4v) is 7.09. The van der Waals surface area contributed by atoms with Gasteiger partial charge in [0.15, 0.2) is 0 Å². The van der Waals surface area contributed by atoms with Gasteiger partial charge in [-0.2, -0.15) is 0 Å². The van der Waals surface area contributed by atoms with Crippen molar-refractivity contribution in [2.24, 2.45) is 0 Å². The zero-order chi connectivity index (χ0) is 12.7. The summed E-state index contributed by atoms with van der Waals surface area (Å²) < 4.78 is 0. The van der Waals surface area contributed by atoms with Crippen molar-refractivity contribution in [1.82, 2.24) is 0 Å². The molecule has 1 aliphatic carbocycles. The van der Waals surface area contributed by atoms with E-state index in [1.165, 1.54) is 5.31 Å². The van der Waals surface area contributed by atoms with Crippen LogP contribution in [-0.4, -0.2) is 15.7 Å². The van der Waals surface area contributed by atoms with Gasteiger partial charge in [0.05, 0.1) is 5.38 Å². The Morgan fingerprint density at radius 1 is 1.06 bits per heavy atom. The molecule has 0 bridgehead atoms. The van der Waals surface area contributed by atoms with Gasteiger partial charge in [-0.05, 0) is 15.6 Å². The van der Waals surface area contributed by atoms with Crippen LogP contribution in [0.4, 0.5) is 0 Å². The van der Waals surface area contributed by atoms with E-state index in [9.17, 15) is 0 Å². The van der Waals surface area contributed by atoms with Gasteiger partial charge in [0.2, 0.25) is 0 Å². The van der Waals surface area contributed by atoms with E-state index in [-0.39, 0.29) is 23.6 Å². The maximum absolute atomic E-state index is 6.34. The first-order valence-corrected chi connectivity index (χ1v) is 7.73. The second-order valence-corrected chi connectivity index (χ2v) is 10.9. The third-order valence-corrected chi connectivity index (χ3v) is 7.09. The van der Waals surface area contributed by atoms with E-state index in [4.69, 9.17) is 23.2 Å². The number of hydrogen-bond acceptors (Lipinski definition) is 0. The Balaban J connectivity index is 3.20.